The fourth-order valence-corrected chi connectivity index (χ4v) is 9.04. The van der Waals surface area contributed by atoms with Crippen LogP contribution >= 0.6 is 0 Å². The van der Waals surface area contributed by atoms with Gasteiger partial charge in [0, 0.05) is 5.92 Å². The van der Waals surface area contributed by atoms with Gasteiger partial charge in [-0.15, -0.1) is 0 Å². The SMILES string of the molecule is CC1([C@H]2CC[C@H]3[C@@H]4CC[C@H]5C[C@@](O)(CF)CC[C@]5(C)[C@H]4CC[C@]23C)OCCO1. The molecule has 0 bridgehead atoms. The predicted octanol–water partition coefficient (Wildman–Crippen LogP) is 5.11. The van der Waals surface area contributed by atoms with Crippen LogP contribution in [-0.2, 0) is 9.47 Å². The Morgan fingerprint density at radius 2 is 1.57 bits per heavy atom. The summed E-state index contributed by atoms with van der Waals surface area (Å²) in [5.41, 5.74) is -0.448. The maximum Gasteiger partial charge on any atom is 0.169 e. The van der Waals surface area contributed by atoms with Gasteiger partial charge >= 0.3 is 0 Å². The van der Waals surface area contributed by atoms with Gasteiger partial charge in [0.05, 0.1) is 18.8 Å². The number of hydrogen-bond donors (Lipinski definition) is 1. The highest BCUT2D eigenvalue weighted by Gasteiger charge is 2.64. The Morgan fingerprint density at radius 3 is 2.29 bits per heavy atom. The predicted molar refractivity (Wildman–Crippen MR) is 106 cm³/mol. The molecule has 0 unspecified atom stereocenters. The van der Waals surface area contributed by atoms with Gasteiger partial charge in [0.2, 0.25) is 0 Å². The van der Waals surface area contributed by atoms with E-state index in [0.29, 0.717) is 30.1 Å². The average molecular weight is 395 g/mol. The Labute approximate surface area is 169 Å². The van der Waals surface area contributed by atoms with Crippen molar-refractivity contribution in [3.63, 3.8) is 0 Å². The van der Waals surface area contributed by atoms with Crippen LogP contribution in [0.1, 0.15) is 78.6 Å². The van der Waals surface area contributed by atoms with Gasteiger partial charge in [-0.05, 0) is 99.2 Å². The Balaban J connectivity index is 1.39. The van der Waals surface area contributed by atoms with E-state index in [9.17, 15) is 9.50 Å². The molecule has 1 N–H and O–H groups in total. The van der Waals surface area contributed by atoms with E-state index in [4.69, 9.17) is 9.47 Å². The highest BCUT2D eigenvalue weighted by atomic mass is 19.1. The molecule has 3 nitrogen and oxygen atoms in total. The van der Waals surface area contributed by atoms with Gasteiger partial charge in [-0.25, -0.2) is 4.39 Å². The number of rotatable bonds is 2. The molecule has 5 fully saturated rings. The Kier molecular flexibility index (Phi) is 4.52. The Bertz CT molecular complexity index is 619. The van der Waals surface area contributed by atoms with Crippen LogP contribution in [0.2, 0.25) is 0 Å². The van der Waals surface area contributed by atoms with Gasteiger partial charge in [-0.2, -0.15) is 0 Å². The van der Waals surface area contributed by atoms with Crippen molar-refractivity contribution < 1.29 is 19.0 Å². The second-order valence-corrected chi connectivity index (χ2v) is 11.6. The van der Waals surface area contributed by atoms with E-state index in [1.165, 1.54) is 38.5 Å². The van der Waals surface area contributed by atoms with Crippen LogP contribution in [0.5, 0.6) is 0 Å². The van der Waals surface area contributed by atoms with Gasteiger partial charge in [-0.1, -0.05) is 13.8 Å². The fraction of sp³-hybridized carbons (Fsp3) is 1.00. The van der Waals surface area contributed by atoms with E-state index in [0.717, 1.165) is 37.4 Å². The molecule has 1 heterocycles. The van der Waals surface area contributed by atoms with Crippen molar-refractivity contribution in [2.24, 2.45) is 40.4 Å². The van der Waals surface area contributed by atoms with Gasteiger partial charge in [0.1, 0.15) is 6.67 Å². The molecule has 0 spiro atoms. The minimum atomic E-state index is -1.05. The summed E-state index contributed by atoms with van der Waals surface area (Å²) in [6.07, 6.45) is 9.82. The standard InChI is InChI=1S/C24H39FO3/c1-21-10-11-24(26,15-25)14-16(21)4-5-17-18-6-7-20(23(3)27-12-13-28-23)22(18,2)9-8-19(17)21/h16-20,26H,4-15H2,1-3H3/t16-,17-,18-,19-,20-,21-,22-,24+/m0/s1. The number of alkyl halides is 1. The van der Waals surface area contributed by atoms with Gasteiger partial charge in [0.25, 0.3) is 0 Å². The third-order valence-corrected chi connectivity index (χ3v) is 10.6. The summed E-state index contributed by atoms with van der Waals surface area (Å²) in [6.45, 7) is 8.08. The Hall–Kier alpha value is -0.190. The molecule has 28 heavy (non-hydrogen) atoms. The summed E-state index contributed by atoms with van der Waals surface area (Å²) in [5.74, 6) is 2.89. The van der Waals surface area contributed by atoms with Crippen molar-refractivity contribution in [2.45, 2.75) is 89.9 Å². The van der Waals surface area contributed by atoms with E-state index in [1.807, 2.05) is 0 Å². The second kappa shape index (κ2) is 6.40. The average Bonchev–Trinajstić information content (AvgIpc) is 3.26. The second-order valence-electron chi connectivity index (χ2n) is 11.6. The first-order chi connectivity index (χ1) is 13.2. The summed E-state index contributed by atoms with van der Waals surface area (Å²) in [5, 5.41) is 10.6. The van der Waals surface area contributed by atoms with E-state index < -0.39 is 12.3 Å². The van der Waals surface area contributed by atoms with E-state index in [2.05, 4.69) is 20.8 Å². The van der Waals surface area contributed by atoms with Crippen LogP contribution in [0, 0.1) is 40.4 Å². The van der Waals surface area contributed by atoms with Crippen LogP contribution in [-0.4, -0.2) is 36.4 Å². The monoisotopic (exact) mass is 394 g/mol. The third kappa shape index (κ3) is 2.62. The first-order valence-corrected chi connectivity index (χ1v) is 11.8. The lowest BCUT2D eigenvalue weighted by Crippen LogP contribution is -2.57. The summed E-state index contributed by atoms with van der Waals surface area (Å²) in [7, 11) is 0. The van der Waals surface area contributed by atoms with Crippen LogP contribution < -0.4 is 0 Å². The van der Waals surface area contributed by atoms with Crippen molar-refractivity contribution in [3.8, 4) is 0 Å². The maximum absolute atomic E-state index is 13.5. The lowest BCUT2D eigenvalue weighted by Gasteiger charge is -2.62. The molecule has 0 amide bonds. The molecule has 1 saturated heterocycles. The zero-order valence-electron chi connectivity index (χ0n) is 18.0. The van der Waals surface area contributed by atoms with Crippen molar-refractivity contribution in [1.82, 2.24) is 0 Å². The zero-order chi connectivity index (χ0) is 19.8. The van der Waals surface area contributed by atoms with Crippen LogP contribution in [0.25, 0.3) is 0 Å². The normalized spacial score (nSPS) is 55.4. The van der Waals surface area contributed by atoms with Gasteiger partial charge < -0.3 is 14.6 Å². The molecule has 4 saturated carbocycles. The van der Waals surface area contributed by atoms with Crippen molar-refractivity contribution >= 4 is 0 Å². The van der Waals surface area contributed by atoms with Crippen molar-refractivity contribution in [1.29, 1.82) is 0 Å². The van der Waals surface area contributed by atoms with Crippen LogP contribution in [0.15, 0.2) is 0 Å². The molecule has 8 atom stereocenters. The molecule has 5 aliphatic rings. The zero-order valence-corrected chi connectivity index (χ0v) is 18.0. The molecule has 0 aromatic rings. The maximum atomic E-state index is 13.5. The highest BCUT2D eigenvalue weighted by Crippen LogP contribution is 2.69. The number of aliphatic hydroxyl groups is 1. The first kappa shape index (κ1) is 19.8. The minimum Gasteiger partial charge on any atom is -0.387 e. The number of hydrogen-bond acceptors (Lipinski definition) is 3. The van der Waals surface area contributed by atoms with E-state index >= 15 is 0 Å². The van der Waals surface area contributed by atoms with Crippen molar-refractivity contribution in [3.05, 3.63) is 0 Å². The molecule has 160 valence electrons. The topological polar surface area (TPSA) is 38.7 Å². The van der Waals surface area contributed by atoms with Crippen molar-refractivity contribution in [2.75, 3.05) is 19.9 Å². The van der Waals surface area contributed by atoms with Crippen LogP contribution in [0.3, 0.4) is 0 Å². The first-order valence-electron chi connectivity index (χ1n) is 11.8. The smallest absolute Gasteiger partial charge is 0.169 e. The minimum absolute atomic E-state index is 0.286. The lowest BCUT2D eigenvalue weighted by atomic mass is 9.43. The molecule has 4 heteroatoms. The van der Waals surface area contributed by atoms with Crippen LogP contribution in [0.4, 0.5) is 4.39 Å². The number of halogens is 1. The molecular formula is C24H39FO3. The summed E-state index contributed by atoms with van der Waals surface area (Å²) >= 11 is 0. The molecule has 4 aliphatic carbocycles. The van der Waals surface area contributed by atoms with E-state index in [-0.39, 0.29) is 11.2 Å². The fourth-order valence-electron chi connectivity index (χ4n) is 9.04. The molecule has 0 aromatic carbocycles. The summed E-state index contributed by atoms with van der Waals surface area (Å²) in [6, 6.07) is 0. The van der Waals surface area contributed by atoms with E-state index in [1.54, 1.807) is 0 Å². The Morgan fingerprint density at radius 1 is 0.857 bits per heavy atom. The van der Waals surface area contributed by atoms with Gasteiger partial charge in [0.15, 0.2) is 5.79 Å². The number of ether oxygens (including phenoxy) is 2. The summed E-state index contributed by atoms with van der Waals surface area (Å²) < 4.78 is 25.7. The number of fused-ring (bicyclic) bond motifs is 5. The summed E-state index contributed by atoms with van der Waals surface area (Å²) in [4.78, 5) is 0. The third-order valence-electron chi connectivity index (χ3n) is 10.6. The quantitative estimate of drug-likeness (QED) is 0.707. The molecule has 5 rings (SSSR count). The van der Waals surface area contributed by atoms with Gasteiger partial charge in [-0.3, -0.25) is 0 Å². The molecule has 1 aliphatic heterocycles. The molecule has 0 radical (unpaired) electrons. The lowest BCUT2D eigenvalue weighted by molar-refractivity contribution is -0.220. The largest absolute Gasteiger partial charge is 0.387 e. The molecule has 0 aromatic heterocycles. The highest BCUT2D eigenvalue weighted by molar-refractivity contribution is 5.12. The molecular weight excluding hydrogens is 355 g/mol.